The third-order valence-corrected chi connectivity index (χ3v) is 4.21. The number of rotatable bonds is 3. The number of para-hydroxylation sites is 1. The molecular formula is C16H13N3O2S. The third kappa shape index (κ3) is 3.17. The largest absolute Gasteiger partial charge is 0.507 e. The summed E-state index contributed by atoms with van der Waals surface area (Å²) in [6.07, 6.45) is 1.45. The minimum absolute atomic E-state index is 0.104. The Morgan fingerprint density at radius 3 is 2.59 bits per heavy atom. The van der Waals surface area contributed by atoms with E-state index in [1.807, 2.05) is 30.3 Å². The molecule has 0 aromatic heterocycles. The zero-order valence-electron chi connectivity index (χ0n) is 11.5. The molecule has 22 heavy (non-hydrogen) atoms. The van der Waals surface area contributed by atoms with E-state index < -0.39 is 0 Å². The van der Waals surface area contributed by atoms with Gasteiger partial charge in [0.25, 0.3) is 0 Å². The minimum Gasteiger partial charge on any atom is -0.507 e. The Labute approximate surface area is 131 Å². The first-order valence-electron chi connectivity index (χ1n) is 6.65. The van der Waals surface area contributed by atoms with Gasteiger partial charge in [-0.2, -0.15) is 5.10 Å². The van der Waals surface area contributed by atoms with Crippen LogP contribution in [0, 0.1) is 0 Å². The van der Waals surface area contributed by atoms with Crippen molar-refractivity contribution in [1.29, 1.82) is 0 Å². The molecule has 1 unspecified atom stereocenters. The van der Waals surface area contributed by atoms with E-state index in [-0.39, 0.29) is 16.9 Å². The van der Waals surface area contributed by atoms with Crippen molar-refractivity contribution in [1.82, 2.24) is 5.32 Å². The molecule has 1 heterocycles. The Bertz CT molecular complexity index is 744. The molecule has 6 heteroatoms. The number of hydrogen-bond donors (Lipinski definition) is 2. The first-order chi connectivity index (χ1) is 10.7. The maximum Gasteiger partial charge on any atom is 0.244 e. The molecule has 1 aliphatic heterocycles. The third-order valence-electron chi connectivity index (χ3n) is 3.08. The van der Waals surface area contributed by atoms with E-state index in [0.29, 0.717) is 10.7 Å². The highest BCUT2D eigenvalue weighted by molar-refractivity contribution is 8.15. The van der Waals surface area contributed by atoms with E-state index in [0.717, 1.165) is 5.56 Å². The number of benzene rings is 2. The van der Waals surface area contributed by atoms with E-state index in [1.54, 1.807) is 24.3 Å². The first-order valence-corrected chi connectivity index (χ1v) is 7.53. The number of hydrogen-bond acceptors (Lipinski definition) is 5. The van der Waals surface area contributed by atoms with Crippen LogP contribution >= 0.6 is 11.8 Å². The first kappa shape index (κ1) is 14.3. The Kier molecular flexibility index (Phi) is 4.20. The van der Waals surface area contributed by atoms with Crippen molar-refractivity contribution >= 4 is 29.1 Å². The monoisotopic (exact) mass is 311 g/mol. The smallest absolute Gasteiger partial charge is 0.244 e. The van der Waals surface area contributed by atoms with E-state index in [1.165, 1.54) is 18.0 Å². The van der Waals surface area contributed by atoms with Gasteiger partial charge in [-0.05, 0) is 17.7 Å². The van der Waals surface area contributed by atoms with Crippen molar-refractivity contribution in [2.24, 2.45) is 10.2 Å². The van der Waals surface area contributed by atoms with Crippen LogP contribution < -0.4 is 5.32 Å². The Morgan fingerprint density at radius 2 is 1.82 bits per heavy atom. The molecule has 0 radical (unpaired) electrons. The Balaban J connectivity index is 1.72. The molecule has 2 N–H and O–H groups in total. The molecule has 0 bridgehead atoms. The van der Waals surface area contributed by atoms with Crippen LogP contribution in [-0.4, -0.2) is 22.4 Å². The predicted octanol–water partition coefficient (Wildman–Crippen LogP) is 2.69. The normalized spacial score (nSPS) is 19.7. The van der Waals surface area contributed by atoms with Crippen molar-refractivity contribution in [3.05, 3.63) is 65.7 Å². The summed E-state index contributed by atoms with van der Waals surface area (Å²) in [6, 6.07) is 16.4. The molecule has 1 atom stereocenters. The number of phenols is 1. The highest BCUT2D eigenvalue weighted by atomic mass is 32.2. The number of carbonyl (C=O) groups is 1. The van der Waals surface area contributed by atoms with Crippen LogP contribution in [-0.2, 0) is 4.79 Å². The van der Waals surface area contributed by atoms with Crippen molar-refractivity contribution in [2.75, 3.05) is 0 Å². The lowest BCUT2D eigenvalue weighted by molar-refractivity contribution is -0.118. The van der Waals surface area contributed by atoms with Gasteiger partial charge in [0.15, 0.2) is 5.17 Å². The van der Waals surface area contributed by atoms with Crippen molar-refractivity contribution in [3.8, 4) is 5.75 Å². The number of nitrogens with zero attached hydrogens (tertiary/aromatic N) is 2. The molecule has 2 aromatic rings. The van der Waals surface area contributed by atoms with Gasteiger partial charge in [-0.1, -0.05) is 54.2 Å². The summed E-state index contributed by atoms with van der Waals surface area (Å²) in [7, 11) is 0. The maximum absolute atomic E-state index is 12.0. The van der Waals surface area contributed by atoms with Gasteiger partial charge in [-0.3, -0.25) is 4.79 Å². The van der Waals surface area contributed by atoms with E-state index in [4.69, 9.17) is 0 Å². The predicted molar refractivity (Wildman–Crippen MR) is 88.1 cm³/mol. The molecule has 0 aliphatic carbocycles. The molecule has 1 saturated heterocycles. The summed E-state index contributed by atoms with van der Waals surface area (Å²) in [4.78, 5) is 12.0. The van der Waals surface area contributed by atoms with Gasteiger partial charge in [0.2, 0.25) is 5.91 Å². The number of amides is 1. The van der Waals surface area contributed by atoms with E-state index in [2.05, 4.69) is 15.5 Å². The fraction of sp³-hybridized carbons (Fsp3) is 0.0625. The number of phenolic OH excluding ortho intramolecular Hbond substituents is 1. The van der Waals surface area contributed by atoms with Crippen LogP contribution in [0.5, 0.6) is 5.75 Å². The molecule has 1 fully saturated rings. The van der Waals surface area contributed by atoms with Crippen LogP contribution in [0.15, 0.2) is 64.8 Å². The molecular weight excluding hydrogens is 298 g/mol. The number of carbonyl (C=O) groups excluding carboxylic acids is 1. The van der Waals surface area contributed by atoms with Crippen LogP contribution in [0.1, 0.15) is 16.4 Å². The van der Waals surface area contributed by atoms with Gasteiger partial charge in [0.05, 0.1) is 6.21 Å². The molecule has 110 valence electrons. The molecule has 0 spiro atoms. The van der Waals surface area contributed by atoms with Crippen LogP contribution in [0.3, 0.4) is 0 Å². The van der Waals surface area contributed by atoms with Gasteiger partial charge in [-0.25, -0.2) is 0 Å². The number of thioether (sulfide) groups is 1. The van der Waals surface area contributed by atoms with Gasteiger partial charge >= 0.3 is 0 Å². The summed E-state index contributed by atoms with van der Waals surface area (Å²) in [6.45, 7) is 0. The van der Waals surface area contributed by atoms with Gasteiger partial charge < -0.3 is 10.4 Å². The highest BCUT2D eigenvalue weighted by Crippen LogP contribution is 2.34. The zero-order valence-corrected chi connectivity index (χ0v) is 12.3. The van der Waals surface area contributed by atoms with E-state index >= 15 is 0 Å². The molecule has 1 aliphatic rings. The highest BCUT2D eigenvalue weighted by Gasteiger charge is 2.31. The second-order valence-electron chi connectivity index (χ2n) is 4.61. The quantitative estimate of drug-likeness (QED) is 0.676. The van der Waals surface area contributed by atoms with Gasteiger partial charge in [-0.15, -0.1) is 5.10 Å². The van der Waals surface area contributed by atoms with Crippen molar-refractivity contribution in [2.45, 2.75) is 5.25 Å². The van der Waals surface area contributed by atoms with Crippen LogP contribution in [0.25, 0.3) is 0 Å². The molecule has 0 saturated carbocycles. The van der Waals surface area contributed by atoms with E-state index in [9.17, 15) is 9.90 Å². The average Bonchev–Trinajstić information content (AvgIpc) is 2.91. The summed E-state index contributed by atoms with van der Waals surface area (Å²) in [5, 5.41) is 20.4. The Morgan fingerprint density at radius 1 is 1.09 bits per heavy atom. The fourth-order valence-corrected chi connectivity index (χ4v) is 2.94. The van der Waals surface area contributed by atoms with Crippen molar-refractivity contribution < 1.29 is 9.90 Å². The number of aromatic hydroxyl groups is 1. The van der Waals surface area contributed by atoms with Gasteiger partial charge in [0, 0.05) is 5.56 Å². The average molecular weight is 311 g/mol. The topological polar surface area (TPSA) is 74.0 Å². The minimum atomic E-state index is -0.305. The Hall–Kier alpha value is -2.60. The fourth-order valence-electron chi connectivity index (χ4n) is 2.00. The standard InChI is InChI=1S/C16H13N3O2S/c20-13-9-5-4-8-12(13)10-17-19-16-18-15(21)14(22-16)11-6-2-1-3-7-11/h1-10,14,20H,(H,18,19,21)/b17-10+. The number of amidine groups is 1. The second-order valence-corrected chi connectivity index (χ2v) is 5.70. The molecule has 2 aromatic carbocycles. The summed E-state index contributed by atoms with van der Waals surface area (Å²) in [5.74, 6) is 0.0319. The summed E-state index contributed by atoms with van der Waals surface area (Å²) < 4.78 is 0. The molecule has 3 rings (SSSR count). The summed E-state index contributed by atoms with van der Waals surface area (Å²) >= 11 is 1.32. The molecule has 5 nitrogen and oxygen atoms in total. The lowest BCUT2D eigenvalue weighted by Gasteiger charge is -2.03. The maximum atomic E-state index is 12.0. The van der Waals surface area contributed by atoms with Gasteiger partial charge in [0.1, 0.15) is 11.0 Å². The SMILES string of the molecule is O=C1N/C(=N/N=C/c2ccccc2O)SC1c1ccccc1. The van der Waals surface area contributed by atoms with Crippen LogP contribution in [0.4, 0.5) is 0 Å². The lowest BCUT2D eigenvalue weighted by Crippen LogP contribution is -2.21. The van der Waals surface area contributed by atoms with Crippen LogP contribution in [0.2, 0.25) is 0 Å². The zero-order chi connectivity index (χ0) is 15.4. The lowest BCUT2D eigenvalue weighted by atomic mass is 10.1. The number of nitrogens with one attached hydrogen (secondary N) is 1. The summed E-state index contributed by atoms with van der Waals surface area (Å²) in [5.41, 5.74) is 1.50. The van der Waals surface area contributed by atoms with Crippen molar-refractivity contribution in [3.63, 3.8) is 0 Å². The second kappa shape index (κ2) is 6.44. The molecule has 1 amide bonds.